The molecular formula is C50H71F2N5O4Si2. The molecule has 2 aromatic carbocycles. The van der Waals surface area contributed by atoms with Crippen LogP contribution in [0.5, 0.6) is 11.8 Å². The molecule has 0 bridgehead atoms. The normalized spacial score (nSPS) is 20.0. The van der Waals surface area contributed by atoms with Crippen molar-refractivity contribution < 1.29 is 27.8 Å². The van der Waals surface area contributed by atoms with Gasteiger partial charge in [0.15, 0.2) is 5.82 Å². The van der Waals surface area contributed by atoms with Gasteiger partial charge in [-0.1, -0.05) is 95.1 Å². The third-order valence-corrected chi connectivity index (χ3v) is 27.5. The number of aromatic nitrogens is 3. The Hall–Kier alpha value is -3.68. The van der Waals surface area contributed by atoms with Crippen LogP contribution in [0, 0.1) is 23.1 Å². The summed E-state index contributed by atoms with van der Waals surface area (Å²) in [6.07, 6.45) is 5.43. The van der Waals surface area contributed by atoms with E-state index >= 15 is 8.78 Å². The fourth-order valence-electron chi connectivity index (χ4n) is 12.2. The summed E-state index contributed by atoms with van der Waals surface area (Å²) in [5, 5.41) is 11.8. The fraction of sp³-hybridized carbons (Fsp3) is 0.620. The highest BCUT2D eigenvalue weighted by Gasteiger charge is 2.50. The van der Waals surface area contributed by atoms with Crippen molar-refractivity contribution in [1.82, 2.24) is 19.9 Å². The Labute approximate surface area is 376 Å². The molecule has 7 rings (SSSR count). The molecule has 9 nitrogen and oxygen atoms in total. The van der Waals surface area contributed by atoms with E-state index in [9.17, 15) is 5.11 Å². The smallest absolute Gasteiger partial charge is 0.319 e. The standard InChI is InChI=1S/C50H71F2N5O4Si2/c1-31(2)62(32(3)4,33(5)6)25-17-40-43(51)15-14-37-26-39(61-63(34(7)8,35(9)10)36(11)12)27-41(44(37)40)46-45(52)47-42(28-53-46)48(56-21-23-59-24-22-56)55-49(54-47)60-30-50-18-13-20-57(50)38(29-58)16-19-50/h14-15,26-28,31-36,38,58H,13,16,18-24,29-30H2,1-12H3/t38-,50-/m0/s1. The van der Waals surface area contributed by atoms with Crippen LogP contribution >= 0.6 is 0 Å². The molecule has 342 valence electrons. The number of morpholine rings is 1. The first kappa shape index (κ1) is 47.3. The van der Waals surface area contributed by atoms with E-state index in [4.69, 9.17) is 28.9 Å². The summed E-state index contributed by atoms with van der Waals surface area (Å²) in [6.45, 7) is 30.4. The first-order chi connectivity index (χ1) is 29.9. The molecule has 3 fully saturated rings. The van der Waals surface area contributed by atoms with Crippen LogP contribution in [0.2, 0.25) is 33.2 Å². The maximum Gasteiger partial charge on any atom is 0.319 e. The highest BCUT2D eigenvalue weighted by atomic mass is 28.4. The van der Waals surface area contributed by atoms with Gasteiger partial charge in [0.25, 0.3) is 8.32 Å². The fourth-order valence-corrected chi connectivity index (χ4v) is 22.7. The van der Waals surface area contributed by atoms with Crippen LogP contribution in [0.15, 0.2) is 30.5 Å². The minimum Gasteiger partial charge on any atom is -0.543 e. The van der Waals surface area contributed by atoms with Crippen molar-refractivity contribution in [3.63, 3.8) is 0 Å². The van der Waals surface area contributed by atoms with E-state index in [1.54, 1.807) is 12.3 Å². The van der Waals surface area contributed by atoms with Crippen molar-refractivity contribution >= 4 is 43.9 Å². The van der Waals surface area contributed by atoms with Gasteiger partial charge in [-0.3, -0.25) is 9.88 Å². The summed E-state index contributed by atoms with van der Waals surface area (Å²) in [5.41, 5.74) is 6.15. The molecule has 3 aliphatic heterocycles. The summed E-state index contributed by atoms with van der Waals surface area (Å²) < 4.78 is 54.1. The van der Waals surface area contributed by atoms with E-state index in [1.165, 1.54) is 6.07 Å². The minimum absolute atomic E-state index is 0.0392. The molecule has 3 saturated heterocycles. The van der Waals surface area contributed by atoms with Gasteiger partial charge in [0, 0.05) is 36.3 Å². The Bertz CT molecular complexity index is 2310. The van der Waals surface area contributed by atoms with Crippen LogP contribution in [0.4, 0.5) is 14.6 Å². The second kappa shape index (κ2) is 18.7. The second-order valence-corrected chi connectivity index (χ2v) is 31.3. The number of ether oxygens (including phenoxy) is 2. The van der Waals surface area contributed by atoms with E-state index < -0.39 is 28.0 Å². The van der Waals surface area contributed by atoms with Gasteiger partial charge in [-0.05, 0) is 89.1 Å². The number of benzene rings is 2. The summed E-state index contributed by atoms with van der Waals surface area (Å²) >= 11 is 0. The maximum absolute atomic E-state index is 18.0. The van der Waals surface area contributed by atoms with E-state index in [0.29, 0.717) is 82.8 Å². The van der Waals surface area contributed by atoms with Crippen LogP contribution in [-0.2, 0) is 4.74 Å². The Morgan fingerprint density at radius 3 is 2.16 bits per heavy atom. The SMILES string of the molecule is CC(C)[Si](C#Cc1c(F)ccc2cc(O[Si](C(C)C)(C(C)C)C(C)C)cc(-c3ncc4c(N5CCOCC5)nc(OC[C@@]56CCCN5[C@H](CO)CC6)nc4c3F)c12)(C(C)C)C(C)C. The molecule has 2 aromatic heterocycles. The van der Waals surface area contributed by atoms with E-state index in [1.807, 2.05) is 12.1 Å². The number of rotatable bonds is 14. The highest BCUT2D eigenvalue weighted by Crippen LogP contribution is 2.47. The van der Waals surface area contributed by atoms with Gasteiger partial charge in [-0.25, -0.2) is 8.78 Å². The summed E-state index contributed by atoms with van der Waals surface area (Å²) in [7, 11) is -4.80. The van der Waals surface area contributed by atoms with Crippen molar-refractivity contribution in [2.45, 2.75) is 154 Å². The monoisotopic (exact) mass is 900 g/mol. The third kappa shape index (κ3) is 8.41. The molecule has 0 aliphatic carbocycles. The van der Waals surface area contributed by atoms with Gasteiger partial charge in [-0.15, -0.1) is 5.54 Å². The van der Waals surface area contributed by atoms with E-state index in [0.717, 1.165) is 32.2 Å². The van der Waals surface area contributed by atoms with Gasteiger partial charge in [0.1, 0.15) is 43.3 Å². The Balaban J connectivity index is 1.47. The number of hydrogen-bond acceptors (Lipinski definition) is 9. The number of pyridine rings is 1. The van der Waals surface area contributed by atoms with Crippen LogP contribution in [0.3, 0.4) is 0 Å². The van der Waals surface area contributed by atoms with Crippen molar-refractivity contribution in [3.05, 3.63) is 47.7 Å². The number of halogens is 2. The molecule has 0 radical (unpaired) electrons. The van der Waals surface area contributed by atoms with Crippen molar-refractivity contribution in [2.75, 3.05) is 51.0 Å². The largest absolute Gasteiger partial charge is 0.543 e. The Kier molecular flexibility index (Phi) is 14.0. The van der Waals surface area contributed by atoms with Gasteiger partial charge in [-0.2, -0.15) is 9.97 Å². The van der Waals surface area contributed by atoms with Crippen LogP contribution in [0.25, 0.3) is 32.9 Å². The molecule has 0 spiro atoms. The number of aliphatic hydroxyl groups excluding tert-OH is 1. The van der Waals surface area contributed by atoms with Crippen molar-refractivity contribution in [1.29, 1.82) is 0 Å². The predicted molar refractivity (Wildman–Crippen MR) is 257 cm³/mol. The van der Waals surface area contributed by atoms with E-state index in [-0.39, 0.29) is 57.6 Å². The number of hydrogen-bond donors (Lipinski definition) is 1. The molecule has 0 unspecified atom stereocenters. The highest BCUT2D eigenvalue weighted by molar-refractivity contribution is 6.90. The van der Waals surface area contributed by atoms with Gasteiger partial charge >= 0.3 is 6.01 Å². The molecule has 1 N–H and O–H groups in total. The molecule has 0 saturated carbocycles. The summed E-state index contributed by atoms with van der Waals surface area (Å²) in [5.74, 6) is 3.48. The first-order valence-electron chi connectivity index (χ1n) is 23.6. The number of fused-ring (bicyclic) bond motifs is 3. The van der Waals surface area contributed by atoms with Crippen molar-refractivity contribution in [2.24, 2.45) is 0 Å². The lowest BCUT2D eigenvalue weighted by atomic mass is 9.95. The molecule has 5 heterocycles. The zero-order valence-electron chi connectivity index (χ0n) is 39.9. The lowest BCUT2D eigenvalue weighted by molar-refractivity contribution is 0.0644. The van der Waals surface area contributed by atoms with E-state index in [2.05, 4.69) is 104 Å². The molecular weight excluding hydrogens is 829 g/mol. The van der Waals surface area contributed by atoms with Gasteiger partial charge < -0.3 is 23.9 Å². The minimum atomic E-state index is -2.49. The predicted octanol–water partition coefficient (Wildman–Crippen LogP) is 11.5. The molecule has 3 aliphatic rings. The molecule has 63 heavy (non-hydrogen) atoms. The molecule has 2 atom stereocenters. The number of aliphatic hydroxyl groups is 1. The number of nitrogens with zero attached hydrogens (tertiary/aromatic N) is 5. The summed E-state index contributed by atoms with van der Waals surface area (Å²) in [6, 6.07) is 7.28. The molecule has 4 aromatic rings. The topological polar surface area (TPSA) is 93.1 Å². The maximum atomic E-state index is 18.0. The lowest BCUT2D eigenvalue weighted by Gasteiger charge is -2.42. The zero-order chi connectivity index (χ0) is 45.6. The lowest BCUT2D eigenvalue weighted by Crippen LogP contribution is -2.50. The third-order valence-electron chi connectivity index (χ3n) is 15.2. The van der Waals surface area contributed by atoms with Crippen molar-refractivity contribution in [3.8, 4) is 34.5 Å². The average Bonchev–Trinajstić information content (AvgIpc) is 3.81. The van der Waals surface area contributed by atoms with Gasteiger partial charge in [0.05, 0.1) is 36.3 Å². The Morgan fingerprint density at radius 1 is 0.873 bits per heavy atom. The second-order valence-electron chi connectivity index (χ2n) is 20.4. The van der Waals surface area contributed by atoms with Crippen LogP contribution < -0.4 is 14.1 Å². The Morgan fingerprint density at radius 2 is 1.54 bits per heavy atom. The molecule has 13 heteroatoms. The number of anilines is 1. The summed E-state index contributed by atoms with van der Waals surface area (Å²) in [4.78, 5) is 19.1. The van der Waals surface area contributed by atoms with Crippen LogP contribution in [-0.4, -0.2) is 99.0 Å². The average molecular weight is 900 g/mol. The first-order valence-corrected chi connectivity index (χ1v) is 28.0. The zero-order valence-corrected chi connectivity index (χ0v) is 41.9. The molecule has 0 amide bonds. The van der Waals surface area contributed by atoms with Crippen LogP contribution in [0.1, 0.15) is 114 Å². The quantitative estimate of drug-likeness (QED) is 0.0981. The van der Waals surface area contributed by atoms with Gasteiger partial charge in [0.2, 0.25) is 0 Å².